The van der Waals surface area contributed by atoms with Crippen LogP contribution in [0.25, 0.3) is 0 Å². The van der Waals surface area contributed by atoms with Gasteiger partial charge in [-0.05, 0) is 48.4 Å². The average Bonchev–Trinajstić information content (AvgIpc) is 3.14. The summed E-state index contributed by atoms with van der Waals surface area (Å²) >= 11 is 3.10. The van der Waals surface area contributed by atoms with Crippen molar-refractivity contribution in [3.8, 4) is 0 Å². The summed E-state index contributed by atoms with van der Waals surface area (Å²) in [5.41, 5.74) is 1.54. The van der Waals surface area contributed by atoms with Crippen LogP contribution in [0.4, 0.5) is 0 Å². The molecule has 2 N–H and O–H groups in total. The summed E-state index contributed by atoms with van der Waals surface area (Å²) in [6.45, 7) is 0.274. The third-order valence-electron chi connectivity index (χ3n) is 3.60. The van der Waals surface area contributed by atoms with Gasteiger partial charge in [0.05, 0.1) is 4.90 Å². The number of nitrogens with zero attached hydrogens (tertiary/aromatic N) is 1. The largest absolute Gasteiger partial charge is 0.289 e. The maximum absolute atomic E-state index is 12.9. The molecule has 2 rings (SSSR count). The lowest BCUT2D eigenvalue weighted by molar-refractivity contribution is -0.129. The first kappa shape index (κ1) is 19.9. The first-order valence-corrected chi connectivity index (χ1v) is 11.1. The lowest BCUT2D eigenvalue weighted by Crippen LogP contribution is -2.36. The fourth-order valence-electron chi connectivity index (χ4n) is 2.22. The Bertz CT molecular complexity index is 774. The maximum atomic E-state index is 12.9. The Morgan fingerprint density at radius 2 is 1.96 bits per heavy atom. The highest BCUT2D eigenvalue weighted by molar-refractivity contribution is 7.98. The molecule has 2 aromatic rings. The van der Waals surface area contributed by atoms with E-state index < -0.39 is 15.9 Å². The van der Waals surface area contributed by atoms with Crippen LogP contribution in [0.3, 0.4) is 0 Å². The van der Waals surface area contributed by atoms with Crippen molar-refractivity contribution in [3.05, 3.63) is 46.7 Å². The Hall–Kier alpha value is -1.39. The molecular formula is C16H20N2O4S3. The predicted molar refractivity (Wildman–Crippen MR) is 99.6 cm³/mol. The number of rotatable bonds is 9. The lowest BCUT2D eigenvalue weighted by Gasteiger charge is -2.21. The molecule has 0 atom stereocenters. The Morgan fingerprint density at radius 1 is 1.24 bits per heavy atom. The number of thioether (sulfide) groups is 1. The van der Waals surface area contributed by atoms with Crippen molar-refractivity contribution in [2.75, 3.05) is 19.3 Å². The monoisotopic (exact) mass is 400 g/mol. The second-order valence-corrected chi connectivity index (χ2v) is 9.04. The zero-order chi connectivity index (χ0) is 18.3. The van der Waals surface area contributed by atoms with Crippen LogP contribution in [0.5, 0.6) is 0 Å². The molecule has 0 spiro atoms. The van der Waals surface area contributed by atoms with Crippen LogP contribution >= 0.6 is 23.1 Å². The normalized spacial score (nSPS) is 11.6. The molecule has 9 heteroatoms. The fourth-order valence-corrected chi connectivity index (χ4v) is 4.77. The number of carbonyl (C=O) groups is 1. The van der Waals surface area contributed by atoms with E-state index in [2.05, 4.69) is 0 Å². The van der Waals surface area contributed by atoms with Crippen LogP contribution in [0.2, 0.25) is 0 Å². The van der Waals surface area contributed by atoms with E-state index in [1.165, 1.54) is 21.5 Å². The number of thiophene rings is 1. The van der Waals surface area contributed by atoms with Gasteiger partial charge in [-0.2, -0.15) is 4.31 Å². The smallest absolute Gasteiger partial charge is 0.244 e. The van der Waals surface area contributed by atoms with E-state index in [9.17, 15) is 13.2 Å². The number of carbonyl (C=O) groups excluding carboxylic acids is 1. The van der Waals surface area contributed by atoms with Crippen LogP contribution in [-0.4, -0.2) is 43.2 Å². The van der Waals surface area contributed by atoms with Gasteiger partial charge in [0.1, 0.15) is 0 Å². The molecule has 0 fully saturated rings. The van der Waals surface area contributed by atoms with Crippen LogP contribution in [-0.2, 0) is 21.2 Å². The summed E-state index contributed by atoms with van der Waals surface area (Å²) in [6, 6.07) is 10.5. The fraction of sp³-hybridized carbons (Fsp3) is 0.312. The summed E-state index contributed by atoms with van der Waals surface area (Å²) in [5, 5.41) is 10.6. The molecule has 0 unspecified atom stereocenters. The average molecular weight is 401 g/mol. The Morgan fingerprint density at radius 3 is 2.52 bits per heavy atom. The van der Waals surface area contributed by atoms with Crippen LogP contribution in [0, 0.1) is 0 Å². The SMILES string of the molecule is CSc1ccc(S(=O)(=O)N(CCC(=O)NO)CCc2cccs2)cc1. The van der Waals surface area contributed by atoms with Crippen molar-refractivity contribution in [3.63, 3.8) is 0 Å². The van der Waals surface area contributed by atoms with Crippen molar-refractivity contribution in [2.24, 2.45) is 0 Å². The molecule has 0 aliphatic heterocycles. The molecular weight excluding hydrogens is 380 g/mol. The minimum Gasteiger partial charge on any atom is -0.289 e. The molecule has 6 nitrogen and oxygen atoms in total. The standard InChI is InChI=1S/C16H20N2O4S3/c1-23-13-4-6-15(7-5-13)25(21,22)18(11-9-16(19)17-20)10-8-14-3-2-12-24-14/h2-7,12,20H,8-11H2,1H3,(H,17,19). The third kappa shape index (κ3) is 5.55. The molecule has 0 saturated heterocycles. The number of hydroxylamine groups is 1. The van der Waals surface area contributed by atoms with Crippen LogP contribution in [0.15, 0.2) is 51.6 Å². The van der Waals surface area contributed by atoms with Gasteiger partial charge in [-0.1, -0.05) is 6.07 Å². The molecule has 1 aromatic heterocycles. The second-order valence-electron chi connectivity index (χ2n) is 5.19. The number of amides is 1. The Kier molecular flexibility index (Phi) is 7.45. The molecule has 0 aliphatic carbocycles. The number of hydrogen-bond donors (Lipinski definition) is 2. The first-order chi connectivity index (χ1) is 12.0. The van der Waals surface area contributed by atoms with E-state index in [0.717, 1.165) is 9.77 Å². The van der Waals surface area contributed by atoms with Crippen molar-refractivity contribution >= 4 is 39.0 Å². The van der Waals surface area contributed by atoms with E-state index >= 15 is 0 Å². The second kappa shape index (κ2) is 9.35. The maximum Gasteiger partial charge on any atom is 0.244 e. The van der Waals surface area contributed by atoms with E-state index in [1.54, 1.807) is 35.6 Å². The number of hydrogen-bond acceptors (Lipinski definition) is 6. The van der Waals surface area contributed by atoms with E-state index in [-0.39, 0.29) is 24.4 Å². The minimum atomic E-state index is -3.72. The van der Waals surface area contributed by atoms with Crippen LogP contribution < -0.4 is 5.48 Å². The molecule has 25 heavy (non-hydrogen) atoms. The molecule has 0 aliphatic rings. The van der Waals surface area contributed by atoms with Gasteiger partial charge in [0.2, 0.25) is 15.9 Å². The van der Waals surface area contributed by atoms with Gasteiger partial charge in [0, 0.05) is 29.3 Å². The molecule has 0 saturated carbocycles. The predicted octanol–water partition coefficient (Wildman–Crippen LogP) is 2.60. The highest BCUT2D eigenvalue weighted by Crippen LogP contribution is 2.21. The van der Waals surface area contributed by atoms with Crippen LogP contribution in [0.1, 0.15) is 11.3 Å². The van der Waals surface area contributed by atoms with Crippen molar-refractivity contribution < 1.29 is 18.4 Å². The molecule has 1 amide bonds. The summed E-state index contributed by atoms with van der Waals surface area (Å²) in [6.07, 6.45) is 2.38. The lowest BCUT2D eigenvalue weighted by atomic mass is 10.3. The number of nitrogens with one attached hydrogen (secondary N) is 1. The molecule has 136 valence electrons. The van der Waals surface area contributed by atoms with Crippen molar-refractivity contribution in [1.29, 1.82) is 0 Å². The molecule has 0 bridgehead atoms. The molecule has 1 heterocycles. The van der Waals surface area contributed by atoms with E-state index in [1.807, 2.05) is 23.8 Å². The minimum absolute atomic E-state index is 0.00435. The van der Waals surface area contributed by atoms with E-state index in [4.69, 9.17) is 5.21 Å². The summed E-state index contributed by atoms with van der Waals surface area (Å²) < 4.78 is 27.1. The number of benzene rings is 1. The van der Waals surface area contributed by atoms with Gasteiger partial charge in [-0.15, -0.1) is 23.1 Å². The topological polar surface area (TPSA) is 86.7 Å². The third-order valence-corrected chi connectivity index (χ3v) is 7.19. The summed E-state index contributed by atoms with van der Waals surface area (Å²) in [7, 11) is -3.72. The van der Waals surface area contributed by atoms with Gasteiger partial charge >= 0.3 is 0 Å². The van der Waals surface area contributed by atoms with Crippen molar-refractivity contribution in [2.45, 2.75) is 22.6 Å². The quantitative estimate of drug-likeness (QED) is 0.384. The summed E-state index contributed by atoms with van der Waals surface area (Å²) in [5.74, 6) is -0.617. The highest BCUT2D eigenvalue weighted by atomic mass is 32.2. The molecule has 0 radical (unpaired) electrons. The summed E-state index contributed by atoms with van der Waals surface area (Å²) in [4.78, 5) is 13.6. The first-order valence-electron chi connectivity index (χ1n) is 7.57. The highest BCUT2D eigenvalue weighted by Gasteiger charge is 2.25. The van der Waals surface area contributed by atoms with Gasteiger partial charge in [0.15, 0.2) is 0 Å². The zero-order valence-electron chi connectivity index (χ0n) is 13.7. The Balaban J connectivity index is 2.19. The van der Waals surface area contributed by atoms with Gasteiger partial charge < -0.3 is 0 Å². The van der Waals surface area contributed by atoms with E-state index in [0.29, 0.717) is 6.42 Å². The zero-order valence-corrected chi connectivity index (χ0v) is 16.2. The Labute approximate surface area is 155 Å². The van der Waals surface area contributed by atoms with Crippen molar-refractivity contribution in [1.82, 2.24) is 9.79 Å². The van der Waals surface area contributed by atoms with Gasteiger partial charge in [-0.25, -0.2) is 13.9 Å². The number of sulfonamides is 1. The van der Waals surface area contributed by atoms with Gasteiger partial charge in [0.25, 0.3) is 0 Å². The molecule has 1 aromatic carbocycles. The van der Waals surface area contributed by atoms with Gasteiger partial charge in [-0.3, -0.25) is 10.0 Å².